The van der Waals surface area contributed by atoms with Crippen LogP contribution >= 0.6 is 0 Å². The lowest BCUT2D eigenvalue weighted by molar-refractivity contribution is -0.137. The van der Waals surface area contributed by atoms with Crippen molar-refractivity contribution in [2.75, 3.05) is 0 Å². The predicted octanol–water partition coefficient (Wildman–Crippen LogP) is 3.95. The number of H-pyrrole nitrogens is 1. The van der Waals surface area contributed by atoms with E-state index in [2.05, 4.69) is 24.9 Å². The minimum absolute atomic E-state index is 0.162. The van der Waals surface area contributed by atoms with E-state index in [-0.39, 0.29) is 23.7 Å². The van der Waals surface area contributed by atoms with Gasteiger partial charge in [-0.3, -0.25) is 14.1 Å². The summed E-state index contributed by atoms with van der Waals surface area (Å²) in [6, 6.07) is 6.87. The van der Waals surface area contributed by atoms with Crippen molar-refractivity contribution in [2.24, 2.45) is 0 Å². The summed E-state index contributed by atoms with van der Waals surface area (Å²) in [5.74, 6) is 0.184. The molecule has 11 heteroatoms. The lowest BCUT2D eigenvalue weighted by Gasteiger charge is -2.07. The fourth-order valence-corrected chi connectivity index (χ4v) is 3.22. The SMILES string of the molecule is CC.O=c1[nH]c2cnc(-n3cnc4cc(C(F)(F)F)ccc43)nc2n1Cc1cccnc1. The van der Waals surface area contributed by atoms with Crippen LogP contribution in [0.5, 0.6) is 0 Å². The van der Waals surface area contributed by atoms with E-state index in [9.17, 15) is 18.0 Å². The van der Waals surface area contributed by atoms with Crippen LogP contribution in [0.4, 0.5) is 13.2 Å². The van der Waals surface area contributed by atoms with Crippen LogP contribution in [-0.4, -0.2) is 34.1 Å². The summed E-state index contributed by atoms with van der Waals surface area (Å²) in [6.07, 6.45) is 1.63. The second kappa shape index (κ2) is 8.25. The number of halogens is 3. The number of hydrogen-bond donors (Lipinski definition) is 1. The first-order valence-electron chi connectivity index (χ1n) is 9.79. The molecule has 0 bridgehead atoms. The van der Waals surface area contributed by atoms with Gasteiger partial charge < -0.3 is 4.98 Å². The summed E-state index contributed by atoms with van der Waals surface area (Å²) >= 11 is 0. The van der Waals surface area contributed by atoms with Gasteiger partial charge >= 0.3 is 11.9 Å². The summed E-state index contributed by atoms with van der Waals surface area (Å²) in [6.45, 7) is 4.25. The number of alkyl halides is 3. The van der Waals surface area contributed by atoms with E-state index >= 15 is 0 Å². The molecule has 1 N–H and O–H groups in total. The summed E-state index contributed by atoms with van der Waals surface area (Å²) in [5, 5.41) is 0. The minimum Gasteiger partial charge on any atom is -0.303 e. The highest BCUT2D eigenvalue weighted by Gasteiger charge is 2.31. The zero-order valence-electron chi connectivity index (χ0n) is 17.1. The molecule has 1 aromatic carbocycles. The van der Waals surface area contributed by atoms with Gasteiger partial charge in [0.1, 0.15) is 11.8 Å². The normalized spacial score (nSPS) is 11.5. The molecule has 8 nitrogen and oxygen atoms in total. The average Bonchev–Trinajstić information content (AvgIpc) is 3.35. The molecule has 5 aromatic rings. The number of imidazole rings is 2. The zero-order valence-corrected chi connectivity index (χ0v) is 17.1. The fraction of sp³-hybridized carbons (Fsp3) is 0.190. The van der Waals surface area contributed by atoms with Crippen molar-refractivity contribution in [1.29, 1.82) is 0 Å². The lowest BCUT2D eigenvalue weighted by atomic mass is 10.2. The number of pyridine rings is 1. The van der Waals surface area contributed by atoms with E-state index in [4.69, 9.17) is 0 Å². The Hall–Kier alpha value is -4.02. The van der Waals surface area contributed by atoms with Gasteiger partial charge in [-0.05, 0) is 29.8 Å². The highest BCUT2D eigenvalue weighted by atomic mass is 19.4. The molecule has 0 atom stereocenters. The molecule has 5 rings (SSSR count). The van der Waals surface area contributed by atoms with E-state index in [1.165, 1.54) is 27.7 Å². The summed E-state index contributed by atoms with van der Waals surface area (Å²) < 4.78 is 41.8. The molecule has 4 aromatic heterocycles. The van der Waals surface area contributed by atoms with Crippen molar-refractivity contribution in [3.8, 4) is 5.95 Å². The van der Waals surface area contributed by atoms with Crippen LogP contribution in [0.1, 0.15) is 25.0 Å². The van der Waals surface area contributed by atoms with Crippen molar-refractivity contribution in [3.63, 3.8) is 0 Å². The Labute approximate surface area is 179 Å². The molecule has 0 spiro atoms. The van der Waals surface area contributed by atoms with Crippen molar-refractivity contribution >= 4 is 22.2 Å². The first kappa shape index (κ1) is 21.2. The Morgan fingerprint density at radius 2 is 1.91 bits per heavy atom. The predicted molar refractivity (Wildman–Crippen MR) is 112 cm³/mol. The molecule has 4 heterocycles. The molecule has 0 unspecified atom stereocenters. The molecule has 0 fully saturated rings. The number of benzene rings is 1. The zero-order chi connectivity index (χ0) is 22.9. The Balaban J connectivity index is 0.00000119. The molecule has 0 aliphatic carbocycles. The Morgan fingerprint density at radius 1 is 1.09 bits per heavy atom. The standard InChI is InChI=1S/C19H12F3N7O.C2H6/c20-19(21,22)12-3-4-15-13(6-12)25-10-29(15)17-24-8-14-16(27-17)28(18(30)26-14)9-11-2-1-5-23-7-11;1-2/h1-8,10H,9H2,(H,26,30);1-2H3. The highest BCUT2D eigenvalue weighted by molar-refractivity contribution is 5.78. The molecule has 0 saturated heterocycles. The van der Waals surface area contributed by atoms with E-state index in [1.807, 2.05) is 19.9 Å². The average molecular weight is 441 g/mol. The Bertz CT molecular complexity index is 1440. The monoisotopic (exact) mass is 441 g/mol. The Morgan fingerprint density at radius 3 is 2.62 bits per heavy atom. The third-order valence-corrected chi connectivity index (χ3v) is 4.65. The molecule has 32 heavy (non-hydrogen) atoms. The van der Waals surface area contributed by atoms with Crippen LogP contribution in [0.3, 0.4) is 0 Å². The number of nitrogens with one attached hydrogen (secondary N) is 1. The van der Waals surface area contributed by atoms with Crippen LogP contribution in [0, 0.1) is 0 Å². The number of hydrogen-bond acceptors (Lipinski definition) is 5. The lowest BCUT2D eigenvalue weighted by Crippen LogP contribution is -2.18. The topological polar surface area (TPSA) is 94.3 Å². The third kappa shape index (κ3) is 3.84. The maximum atomic E-state index is 12.9. The van der Waals surface area contributed by atoms with Gasteiger partial charge in [-0.15, -0.1) is 0 Å². The van der Waals surface area contributed by atoms with Gasteiger partial charge in [0.25, 0.3) is 0 Å². The van der Waals surface area contributed by atoms with Crippen molar-refractivity contribution in [1.82, 2.24) is 34.1 Å². The van der Waals surface area contributed by atoms with Crippen LogP contribution in [0.2, 0.25) is 0 Å². The molecule has 0 aliphatic rings. The first-order chi connectivity index (χ1) is 15.4. The first-order valence-corrected chi connectivity index (χ1v) is 9.79. The number of nitrogens with zero attached hydrogens (tertiary/aromatic N) is 6. The Kier molecular flexibility index (Phi) is 5.47. The molecular weight excluding hydrogens is 423 g/mol. The quantitative estimate of drug-likeness (QED) is 0.458. The van der Waals surface area contributed by atoms with Gasteiger partial charge in [-0.25, -0.2) is 14.8 Å². The maximum Gasteiger partial charge on any atom is 0.416 e. The molecule has 0 aliphatic heterocycles. The molecular formula is C21H18F3N7O. The second-order valence-electron chi connectivity index (χ2n) is 6.60. The number of rotatable bonds is 3. The molecule has 164 valence electrons. The summed E-state index contributed by atoms with van der Waals surface area (Å²) in [7, 11) is 0. The second-order valence-corrected chi connectivity index (χ2v) is 6.60. The van der Waals surface area contributed by atoms with Gasteiger partial charge in [0.15, 0.2) is 5.65 Å². The number of aromatic amines is 1. The van der Waals surface area contributed by atoms with Crippen LogP contribution < -0.4 is 5.69 Å². The number of aromatic nitrogens is 7. The number of fused-ring (bicyclic) bond motifs is 2. The van der Waals surface area contributed by atoms with Crippen molar-refractivity contribution in [3.05, 3.63) is 76.9 Å². The van der Waals surface area contributed by atoms with E-state index < -0.39 is 11.7 Å². The fourth-order valence-electron chi connectivity index (χ4n) is 3.22. The van der Waals surface area contributed by atoms with E-state index in [0.717, 1.165) is 17.7 Å². The minimum atomic E-state index is -4.46. The van der Waals surface area contributed by atoms with Crippen LogP contribution in [0.15, 0.2) is 60.0 Å². The largest absolute Gasteiger partial charge is 0.416 e. The highest BCUT2D eigenvalue weighted by Crippen LogP contribution is 2.31. The molecule has 0 amide bonds. The van der Waals surface area contributed by atoms with Gasteiger partial charge in [0, 0.05) is 12.4 Å². The smallest absolute Gasteiger partial charge is 0.303 e. The molecule has 0 saturated carbocycles. The maximum absolute atomic E-state index is 12.9. The van der Waals surface area contributed by atoms with Crippen LogP contribution in [-0.2, 0) is 12.7 Å². The van der Waals surface area contributed by atoms with Gasteiger partial charge in [-0.1, -0.05) is 19.9 Å². The van der Waals surface area contributed by atoms with E-state index in [1.54, 1.807) is 18.5 Å². The van der Waals surface area contributed by atoms with Gasteiger partial charge in [0.2, 0.25) is 5.95 Å². The molecule has 0 radical (unpaired) electrons. The van der Waals surface area contributed by atoms with Crippen molar-refractivity contribution < 1.29 is 13.2 Å². The summed E-state index contributed by atoms with van der Waals surface area (Å²) in [5.41, 5.74) is 1.06. The van der Waals surface area contributed by atoms with Gasteiger partial charge in [0.05, 0.1) is 29.3 Å². The van der Waals surface area contributed by atoms with Crippen molar-refractivity contribution in [2.45, 2.75) is 26.6 Å². The van der Waals surface area contributed by atoms with Gasteiger partial charge in [-0.2, -0.15) is 18.2 Å². The summed E-state index contributed by atoms with van der Waals surface area (Å²) in [4.78, 5) is 31.8. The van der Waals surface area contributed by atoms with Crippen LogP contribution in [0.25, 0.3) is 28.1 Å². The third-order valence-electron chi connectivity index (χ3n) is 4.65. The van der Waals surface area contributed by atoms with E-state index in [0.29, 0.717) is 16.7 Å².